The summed E-state index contributed by atoms with van der Waals surface area (Å²) in [6.45, 7) is 4.03. The van der Waals surface area contributed by atoms with Crippen LogP contribution >= 0.6 is 0 Å². The maximum atomic E-state index is 4.13. The second-order valence-corrected chi connectivity index (χ2v) is 2.57. The van der Waals surface area contributed by atoms with Gasteiger partial charge in [-0.25, -0.2) is 0 Å². The molecule has 0 spiro atoms. The number of rotatable bonds is 1. The molecule has 0 saturated carbocycles. The Balaban J connectivity index is 2.73. The van der Waals surface area contributed by atoms with Crippen LogP contribution in [0.3, 0.4) is 0 Å². The largest absolute Gasteiger partial charge is 0.325 e. The highest BCUT2D eigenvalue weighted by Crippen LogP contribution is 2.07. The predicted molar refractivity (Wildman–Crippen MR) is 41.5 cm³/mol. The molecule has 0 radical (unpaired) electrons. The van der Waals surface area contributed by atoms with Crippen LogP contribution in [0.25, 0.3) is 5.65 Å². The van der Waals surface area contributed by atoms with Crippen molar-refractivity contribution in [3.05, 3.63) is 17.6 Å². The molecule has 0 amide bonds. The fourth-order valence-corrected chi connectivity index (χ4v) is 1.17. The maximum Gasteiger partial charge on any atom is 0.158 e. The van der Waals surface area contributed by atoms with Gasteiger partial charge in [0, 0.05) is 5.56 Å². The Kier molecular flexibility index (Phi) is 1.21. The molecule has 4 nitrogen and oxygen atoms in total. The van der Waals surface area contributed by atoms with Crippen molar-refractivity contribution < 1.29 is 0 Å². The van der Waals surface area contributed by atoms with Gasteiger partial charge in [-0.15, -0.1) is 9.73 Å². The number of nitrogens with zero attached hydrogens (tertiary/aromatic N) is 3. The first-order chi connectivity index (χ1) is 5.31. The molecule has 58 valence electrons. The van der Waals surface area contributed by atoms with E-state index in [1.165, 1.54) is 5.56 Å². The zero-order valence-electron chi connectivity index (χ0n) is 6.63. The molecule has 1 N–H and O–H groups in total. The summed E-state index contributed by atoms with van der Waals surface area (Å²) in [4.78, 5) is 3.15. The Labute approximate surface area is 64.2 Å². The normalized spacial score (nSPS) is 11.1. The van der Waals surface area contributed by atoms with Crippen LogP contribution < -0.4 is 0 Å². The van der Waals surface area contributed by atoms with Gasteiger partial charge in [-0.05, 0) is 13.3 Å². The highest BCUT2D eigenvalue weighted by molar-refractivity contribution is 5.45. The van der Waals surface area contributed by atoms with Gasteiger partial charge >= 0.3 is 0 Å². The zero-order chi connectivity index (χ0) is 7.84. The second kappa shape index (κ2) is 2.08. The van der Waals surface area contributed by atoms with Crippen molar-refractivity contribution in [1.29, 1.82) is 0 Å². The molecule has 2 aromatic rings. The Morgan fingerprint density at radius 2 is 2.45 bits per heavy atom. The summed E-state index contributed by atoms with van der Waals surface area (Å²) >= 11 is 0. The third-order valence-corrected chi connectivity index (χ3v) is 1.75. The molecule has 2 heterocycles. The Bertz CT molecular complexity index is 371. The monoisotopic (exact) mass is 150 g/mol. The molecule has 0 fully saturated rings. The number of fused-ring (bicyclic) bond motifs is 1. The molecule has 0 aliphatic heterocycles. The van der Waals surface area contributed by atoms with E-state index in [-0.39, 0.29) is 0 Å². The smallest absolute Gasteiger partial charge is 0.158 e. The molecule has 11 heavy (non-hydrogen) atoms. The van der Waals surface area contributed by atoms with Crippen molar-refractivity contribution in [1.82, 2.24) is 19.8 Å². The SMILES string of the molecule is CCc1cnn2nc(C)[nH]c12. The summed E-state index contributed by atoms with van der Waals surface area (Å²) in [6, 6.07) is 0. The van der Waals surface area contributed by atoms with E-state index in [1.54, 1.807) is 4.63 Å². The molecule has 2 rings (SSSR count). The molecule has 2 aromatic heterocycles. The number of hydrogen-bond donors (Lipinski definition) is 1. The van der Waals surface area contributed by atoms with Gasteiger partial charge in [0.05, 0.1) is 6.20 Å². The first-order valence-corrected chi connectivity index (χ1v) is 3.70. The third-order valence-electron chi connectivity index (χ3n) is 1.75. The maximum absolute atomic E-state index is 4.13. The lowest BCUT2D eigenvalue weighted by Gasteiger charge is -1.83. The minimum absolute atomic E-state index is 0.905. The summed E-state index contributed by atoms with van der Waals surface area (Å²) in [5.41, 5.74) is 2.23. The topological polar surface area (TPSA) is 46.0 Å². The molecular formula is C7H10N4. The van der Waals surface area contributed by atoms with Gasteiger partial charge in [-0.2, -0.15) is 5.10 Å². The number of aryl methyl sites for hydroxylation is 2. The van der Waals surface area contributed by atoms with Gasteiger partial charge in [0.15, 0.2) is 5.65 Å². The van der Waals surface area contributed by atoms with E-state index in [0.717, 1.165) is 17.9 Å². The fourth-order valence-electron chi connectivity index (χ4n) is 1.17. The van der Waals surface area contributed by atoms with E-state index in [1.807, 2.05) is 13.1 Å². The van der Waals surface area contributed by atoms with Gasteiger partial charge in [0.1, 0.15) is 5.82 Å². The average molecular weight is 150 g/mol. The van der Waals surface area contributed by atoms with Crippen molar-refractivity contribution in [2.45, 2.75) is 20.3 Å². The number of aromatic nitrogens is 4. The molecule has 0 bridgehead atoms. The molecular weight excluding hydrogens is 140 g/mol. The zero-order valence-corrected chi connectivity index (χ0v) is 6.63. The third kappa shape index (κ3) is 0.824. The van der Waals surface area contributed by atoms with E-state index in [4.69, 9.17) is 0 Å². The molecule has 4 heteroatoms. The van der Waals surface area contributed by atoms with Crippen LogP contribution in [0.15, 0.2) is 6.20 Å². The first kappa shape index (κ1) is 6.39. The van der Waals surface area contributed by atoms with Crippen molar-refractivity contribution >= 4 is 5.65 Å². The molecule has 0 aliphatic rings. The van der Waals surface area contributed by atoms with Crippen LogP contribution in [0.2, 0.25) is 0 Å². The van der Waals surface area contributed by atoms with E-state index in [9.17, 15) is 0 Å². The van der Waals surface area contributed by atoms with Gasteiger partial charge in [0.2, 0.25) is 0 Å². The van der Waals surface area contributed by atoms with Crippen molar-refractivity contribution in [3.8, 4) is 0 Å². The van der Waals surface area contributed by atoms with Gasteiger partial charge in [-0.1, -0.05) is 6.92 Å². The van der Waals surface area contributed by atoms with Crippen LogP contribution in [0.1, 0.15) is 18.3 Å². The van der Waals surface area contributed by atoms with Crippen LogP contribution in [-0.4, -0.2) is 19.8 Å². The number of hydrogen-bond acceptors (Lipinski definition) is 2. The van der Waals surface area contributed by atoms with Gasteiger partial charge < -0.3 is 4.98 Å². The number of nitrogens with one attached hydrogen (secondary N) is 1. The first-order valence-electron chi connectivity index (χ1n) is 3.70. The molecule has 0 aromatic carbocycles. The highest BCUT2D eigenvalue weighted by atomic mass is 15.5. The van der Waals surface area contributed by atoms with Crippen LogP contribution in [0.5, 0.6) is 0 Å². The number of aromatic amines is 1. The molecule has 0 unspecified atom stereocenters. The van der Waals surface area contributed by atoms with Crippen LogP contribution in [0, 0.1) is 6.92 Å². The van der Waals surface area contributed by atoms with Crippen molar-refractivity contribution in [2.24, 2.45) is 0 Å². The van der Waals surface area contributed by atoms with Crippen molar-refractivity contribution in [2.75, 3.05) is 0 Å². The lowest BCUT2D eigenvalue weighted by Crippen LogP contribution is -1.84. The molecule has 0 saturated heterocycles. The quantitative estimate of drug-likeness (QED) is 0.657. The summed E-state index contributed by atoms with van der Waals surface area (Å²) in [5.74, 6) is 0.905. The lowest BCUT2D eigenvalue weighted by atomic mass is 10.3. The van der Waals surface area contributed by atoms with Gasteiger partial charge in [-0.3, -0.25) is 0 Å². The van der Waals surface area contributed by atoms with E-state index in [2.05, 4.69) is 22.1 Å². The molecule has 0 aliphatic carbocycles. The van der Waals surface area contributed by atoms with Crippen molar-refractivity contribution in [3.63, 3.8) is 0 Å². The summed E-state index contributed by atoms with van der Waals surface area (Å²) in [7, 11) is 0. The Morgan fingerprint density at radius 1 is 1.64 bits per heavy atom. The predicted octanol–water partition coefficient (Wildman–Crippen LogP) is 0.928. The Morgan fingerprint density at radius 3 is 3.18 bits per heavy atom. The minimum Gasteiger partial charge on any atom is -0.325 e. The standard InChI is InChI=1S/C7H10N4/c1-3-6-4-8-11-7(6)9-5(2)10-11/h4H,3H2,1-2H3,(H,9,10). The van der Waals surface area contributed by atoms with E-state index >= 15 is 0 Å². The molecule has 0 atom stereocenters. The average Bonchev–Trinajstić information content (AvgIpc) is 2.45. The van der Waals surface area contributed by atoms with Crippen LogP contribution in [0.4, 0.5) is 0 Å². The number of H-pyrrole nitrogens is 1. The fraction of sp³-hybridized carbons (Fsp3) is 0.429. The highest BCUT2D eigenvalue weighted by Gasteiger charge is 2.04. The second-order valence-electron chi connectivity index (χ2n) is 2.57. The summed E-state index contributed by atoms with van der Waals surface area (Å²) in [5, 5.41) is 8.22. The minimum atomic E-state index is 0.905. The summed E-state index contributed by atoms with van der Waals surface area (Å²) < 4.78 is 1.63. The van der Waals surface area contributed by atoms with Crippen LogP contribution in [-0.2, 0) is 6.42 Å². The van der Waals surface area contributed by atoms with E-state index < -0.39 is 0 Å². The summed E-state index contributed by atoms with van der Waals surface area (Å²) in [6.07, 6.45) is 2.84. The Hall–Kier alpha value is -1.32. The lowest BCUT2D eigenvalue weighted by molar-refractivity contribution is 0.806. The van der Waals surface area contributed by atoms with Gasteiger partial charge in [0.25, 0.3) is 0 Å². The van der Waals surface area contributed by atoms with E-state index in [0.29, 0.717) is 0 Å².